The highest BCUT2D eigenvalue weighted by Gasteiger charge is 1.87. The van der Waals surface area contributed by atoms with Gasteiger partial charge in [-0.25, -0.2) is 0 Å². The van der Waals surface area contributed by atoms with Crippen LogP contribution in [0.15, 0.2) is 22.8 Å². The average molecular weight is 212 g/mol. The van der Waals surface area contributed by atoms with Crippen LogP contribution in [0.3, 0.4) is 0 Å². The Kier molecular flexibility index (Phi) is 2.83. The van der Waals surface area contributed by atoms with Crippen LogP contribution in [-0.2, 0) is 0 Å². The quantitative estimate of drug-likeness (QED) is 0.696. The van der Waals surface area contributed by atoms with Gasteiger partial charge in [0.15, 0.2) is 0 Å². The third kappa shape index (κ3) is 2.85. The van der Waals surface area contributed by atoms with Crippen molar-refractivity contribution < 1.29 is 0 Å². The van der Waals surface area contributed by atoms with E-state index >= 15 is 0 Å². The van der Waals surface area contributed by atoms with Crippen LogP contribution in [0.25, 0.3) is 6.08 Å². The molecule has 58 valence electrons. The Morgan fingerprint density at radius 2 is 2.27 bits per heavy atom. The number of pyridine rings is 1. The lowest BCUT2D eigenvalue weighted by atomic mass is 10.2. The van der Waals surface area contributed by atoms with Gasteiger partial charge in [-0.3, -0.25) is 4.98 Å². The van der Waals surface area contributed by atoms with Gasteiger partial charge in [-0.05, 0) is 36.0 Å². The van der Waals surface area contributed by atoms with Gasteiger partial charge in [-0.2, -0.15) is 0 Å². The first kappa shape index (κ1) is 8.47. The van der Waals surface area contributed by atoms with E-state index in [0.29, 0.717) is 0 Å². The van der Waals surface area contributed by atoms with Gasteiger partial charge in [-0.1, -0.05) is 22.0 Å². The van der Waals surface area contributed by atoms with Crippen molar-refractivity contribution in [3.63, 3.8) is 0 Å². The predicted octanol–water partition coefficient (Wildman–Crippen LogP) is 3.15. The third-order valence-electron chi connectivity index (χ3n) is 1.30. The van der Waals surface area contributed by atoms with E-state index in [1.165, 1.54) is 0 Å². The number of allylic oxidation sites excluding steroid dienone is 1. The van der Waals surface area contributed by atoms with Crippen molar-refractivity contribution in [1.29, 1.82) is 0 Å². The second-order valence-electron chi connectivity index (χ2n) is 2.46. The fourth-order valence-corrected chi connectivity index (χ4v) is 1.06. The molecule has 1 rings (SSSR count). The number of rotatable bonds is 1. The minimum Gasteiger partial charge on any atom is -0.261 e. The van der Waals surface area contributed by atoms with Crippen molar-refractivity contribution in [3.8, 4) is 0 Å². The van der Waals surface area contributed by atoms with Crippen molar-refractivity contribution >= 4 is 22.0 Å². The summed E-state index contributed by atoms with van der Waals surface area (Å²) in [5.74, 6) is 0. The molecule has 11 heavy (non-hydrogen) atoms. The van der Waals surface area contributed by atoms with E-state index in [0.717, 1.165) is 15.7 Å². The summed E-state index contributed by atoms with van der Waals surface area (Å²) in [6.07, 6.45) is 3.90. The number of hydrogen-bond acceptors (Lipinski definition) is 1. The number of halogens is 1. The summed E-state index contributed by atoms with van der Waals surface area (Å²) >= 11 is 3.36. The molecule has 1 aromatic rings. The standard InChI is InChI=1S/C9H10BrN/c1-7(10)5-9-4-3-8(2)11-6-9/h3-6H,1-2H3. The van der Waals surface area contributed by atoms with Crippen molar-refractivity contribution in [2.24, 2.45) is 0 Å². The number of nitrogens with zero attached hydrogens (tertiary/aromatic N) is 1. The number of aryl methyl sites for hydroxylation is 1. The molecule has 0 bridgehead atoms. The third-order valence-corrected chi connectivity index (χ3v) is 1.53. The van der Waals surface area contributed by atoms with E-state index in [1.807, 2.05) is 38.3 Å². The SMILES string of the molecule is CC(Br)=Cc1ccc(C)nc1. The lowest BCUT2D eigenvalue weighted by Crippen LogP contribution is -1.79. The van der Waals surface area contributed by atoms with Gasteiger partial charge in [0, 0.05) is 11.9 Å². The van der Waals surface area contributed by atoms with Crippen LogP contribution in [-0.4, -0.2) is 4.98 Å². The molecule has 0 aliphatic rings. The Labute approximate surface area is 75.3 Å². The molecule has 0 saturated carbocycles. The van der Waals surface area contributed by atoms with E-state index in [4.69, 9.17) is 0 Å². The molecule has 0 spiro atoms. The summed E-state index contributed by atoms with van der Waals surface area (Å²) in [6.45, 7) is 3.98. The zero-order valence-electron chi connectivity index (χ0n) is 6.63. The van der Waals surface area contributed by atoms with Gasteiger partial charge >= 0.3 is 0 Å². The normalized spacial score (nSPS) is 11.7. The molecule has 0 unspecified atom stereocenters. The van der Waals surface area contributed by atoms with Crippen molar-refractivity contribution in [2.75, 3.05) is 0 Å². The predicted molar refractivity (Wildman–Crippen MR) is 51.6 cm³/mol. The summed E-state index contributed by atoms with van der Waals surface area (Å²) in [7, 11) is 0. The van der Waals surface area contributed by atoms with Gasteiger partial charge in [0.25, 0.3) is 0 Å². The highest BCUT2D eigenvalue weighted by molar-refractivity contribution is 9.11. The van der Waals surface area contributed by atoms with E-state index in [9.17, 15) is 0 Å². The molecule has 0 atom stereocenters. The van der Waals surface area contributed by atoms with Crippen LogP contribution in [0.2, 0.25) is 0 Å². The molecular formula is C9H10BrN. The first-order valence-electron chi connectivity index (χ1n) is 3.45. The lowest BCUT2D eigenvalue weighted by molar-refractivity contribution is 1.19. The van der Waals surface area contributed by atoms with Crippen molar-refractivity contribution in [3.05, 3.63) is 34.1 Å². The van der Waals surface area contributed by atoms with Crippen LogP contribution in [0.4, 0.5) is 0 Å². The van der Waals surface area contributed by atoms with Crippen LogP contribution in [0.1, 0.15) is 18.2 Å². The Hall–Kier alpha value is -0.630. The summed E-state index contributed by atoms with van der Waals surface area (Å²) in [6, 6.07) is 4.05. The highest BCUT2D eigenvalue weighted by atomic mass is 79.9. The molecule has 1 aromatic heterocycles. The number of aromatic nitrogens is 1. The minimum absolute atomic E-state index is 1.05. The smallest absolute Gasteiger partial charge is 0.0373 e. The Morgan fingerprint density at radius 1 is 1.55 bits per heavy atom. The highest BCUT2D eigenvalue weighted by Crippen LogP contribution is 2.09. The van der Waals surface area contributed by atoms with Gasteiger partial charge in [-0.15, -0.1) is 0 Å². The fraction of sp³-hybridized carbons (Fsp3) is 0.222. The maximum Gasteiger partial charge on any atom is 0.0373 e. The monoisotopic (exact) mass is 211 g/mol. The second-order valence-corrected chi connectivity index (χ2v) is 3.71. The van der Waals surface area contributed by atoms with Crippen LogP contribution in [0, 0.1) is 6.92 Å². The van der Waals surface area contributed by atoms with Crippen LogP contribution < -0.4 is 0 Å². The van der Waals surface area contributed by atoms with Crippen LogP contribution >= 0.6 is 15.9 Å². The summed E-state index contributed by atoms with van der Waals surface area (Å²) in [4.78, 5) is 4.17. The Bertz CT molecular complexity index is 257. The zero-order valence-corrected chi connectivity index (χ0v) is 8.22. The largest absolute Gasteiger partial charge is 0.261 e. The van der Waals surface area contributed by atoms with Gasteiger partial charge in [0.1, 0.15) is 0 Å². The molecule has 1 nitrogen and oxygen atoms in total. The Morgan fingerprint density at radius 3 is 2.73 bits per heavy atom. The first-order chi connectivity index (χ1) is 5.18. The molecule has 0 fully saturated rings. The molecule has 1 heterocycles. The topological polar surface area (TPSA) is 12.9 Å². The summed E-state index contributed by atoms with van der Waals surface area (Å²) in [5.41, 5.74) is 2.18. The first-order valence-corrected chi connectivity index (χ1v) is 4.24. The molecule has 0 N–H and O–H groups in total. The average Bonchev–Trinajstić information content (AvgIpc) is 1.93. The minimum atomic E-state index is 1.05. The van der Waals surface area contributed by atoms with Gasteiger partial charge in [0.05, 0.1) is 0 Å². The fourth-order valence-electron chi connectivity index (χ4n) is 0.794. The molecule has 2 heteroatoms. The Balaban J connectivity index is 2.91. The molecule has 0 aliphatic carbocycles. The van der Waals surface area contributed by atoms with Crippen molar-refractivity contribution in [1.82, 2.24) is 4.98 Å². The van der Waals surface area contributed by atoms with Gasteiger partial charge < -0.3 is 0 Å². The molecule has 0 radical (unpaired) electrons. The molecular weight excluding hydrogens is 202 g/mol. The molecule has 0 aliphatic heterocycles. The van der Waals surface area contributed by atoms with E-state index in [2.05, 4.69) is 20.9 Å². The lowest BCUT2D eigenvalue weighted by Gasteiger charge is -1.93. The maximum atomic E-state index is 4.17. The second kappa shape index (κ2) is 3.67. The van der Waals surface area contributed by atoms with Gasteiger partial charge in [0.2, 0.25) is 0 Å². The number of hydrogen-bond donors (Lipinski definition) is 0. The summed E-state index contributed by atoms with van der Waals surface area (Å²) < 4.78 is 1.11. The van der Waals surface area contributed by atoms with E-state index in [1.54, 1.807) is 0 Å². The van der Waals surface area contributed by atoms with E-state index < -0.39 is 0 Å². The maximum absolute atomic E-state index is 4.17. The van der Waals surface area contributed by atoms with E-state index in [-0.39, 0.29) is 0 Å². The zero-order chi connectivity index (χ0) is 8.27. The molecule has 0 saturated heterocycles. The molecule has 0 aromatic carbocycles. The van der Waals surface area contributed by atoms with Crippen molar-refractivity contribution in [2.45, 2.75) is 13.8 Å². The van der Waals surface area contributed by atoms with Crippen LogP contribution in [0.5, 0.6) is 0 Å². The molecule has 0 amide bonds. The summed E-state index contributed by atoms with van der Waals surface area (Å²) in [5, 5.41) is 0.